The lowest BCUT2D eigenvalue weighted by Crippen LogP contribution is -2.53. The van der Waals surface area contributed by atoms with Gasteiger partial charge in [0.25, 0.3) is 5.91 Å². The summed E-state index contributed by atoms with van der Waals surface area (Å²) in [6.45, 7) is 1.77. The Morgan fingerprint density at radius 2 is 1.88 bits per heavy atom. The maximum Gasteiger partial charge on any atom is 0.257 e. The van der Waals surface area contributed by atoms with Crippen LogP contribution in [0.5, 0.6) is 5.88 Å². The smallest absolute Gasteiger partial charge is 0.257 e. The number of aromatic nitrogens is 3. The lowest BCUT2D eigenvalue weighted by atomic mass is 9.91. The molecule has 1 aliphatic heterocycles. The van der Waals surface area contributed by atoms with Crippen molar-refractivity contribution in [2.24, 2.45) is 11.8 Å². The van der Waals surface area contributed by atoms with Gasteiger partial charge in [0, 0.05) is 24.8 Å². The van der Waals surface area contributed by atoms with Crippen LogP contribution in [0.3, 0.4) is 0 Å². The Morgan fingerprint density at radius 3 is 2.66 bits per heavy atom. The molecule has 1 amide bonds. The zero-order valence-electron chi connectivity index (χ0n) is 18.3. The van der Waals surface area contributed by atoms with Crippen LogP contribution >= 0.6 is 0 Å². The van der Waals surface area contributed by atoms with Crippen molar-refractivity contribution in [2.45, 2.75) is 38.1 Å². The van der Waals surface area contributed by atoms with Crippen molar-refractivity contribution in [3.63, 3.8) is 0 Å². The summed E-state index contributed by atoms with van der Waals surface area (Å²) >= 11 is 0. The van der Waals surface area contributed by atoms with Crippen molar-refractivity contribution in [3.8, 4) is 5.88 Å². The molecule has 1 saturated heterocycles. The van der Waals surface area contributed by atoms with E-state index in [1.165, 1.54) is 5.56 Å². The fourth-order valence-electron chi connectivity index (χ4n) is 5.75. The van der Waals surface area contributed by atoms with E-state index in [1.54, 1.807) is 7.11 Å². The number of benzene rings is 1. The van der Waals surface area contributed by atoms with Gasteiger partial charge in [-0.1, -0.05) is 12.1 Å². The molecular formula is C25H27N5O2. The summed E-state index contributed by atoms with van der Waals surface area (Å²) in [5.41, 5.74) is 4.66. The summed E-state index contributed by atoms with van der Waals surface area (Å²) < 4.78 is 5.46. The first-order chi connectivity index (χ1) is 15.7. The maximum absolute atomic E-state index is 13.2. The summed E-state index contributed by atoms with van der Waals surface area (Å²) in [7, 11) is 1.59. The van der Waals surface area contributed by atoms with Crippen LogP contribution in [-0.2, 0) is 12.8 Å². The fourth-order valence-corrected chi connectivity index (χ4v) is 5.75. The number of aryl methyl sites for hydroxylation is 2. The van der Waals surface area contributed by atoms with Crippen LogP contribution in [0.1, 0.15) is 40.9 Å². The third-order valence-electron chi connectivity index (χ3n) is 7.35. The first kappa shape index (κ1) is 19.5. The Labute approximate surface area is 187 Å². The second kappa shape index (κ2) is 7.73. The quantitative estimate of drug-likeness (QED) is 0.686. The fraction of sp³-hybridized carbons (Fsp3) is 0.440. The minimum absolute atomic E-state index is 0.0649. The van der Waals surface area contributed by atoms with E-state index in [9.17, 15) is 4.79 Å². The lowest BCUT2D eigenvalue weighted by molar-refractivity contribution is 0.0906. The van der Waals surface area contributed by atoms with Gasteiger partial charge in [-0.2, -0.15) is 0 Å². The number of anilines is 1. The number of ether oxygens (including phenoxy) is 1. The number of para-hydroxylation sites is 2. The molecule has 7 nitrogen and oxygen atoms in total. The monoisotopic (exact) mass is 429 g/mol. The van der Waals surface area contributed by atoms with Crippen LogP contribution in [0.25, 0.3) is 11.0 Å². The Balaban J connectivity index is 1.20. The summed E-state index contributed by atoms with van der Waals surface area (Å²) in [4.78, 5) is 29.6. The SMILES string of the molecule is COc1nc2c(cc1C(=O)NC1[C@@H]3CC[C@H]1CN(c1cnc4ccccc4n1)C3)CCC2. The van der Waals surface area contributed by atoms with Crippen LogP contribution in [0, 0.1) is 11.8 Å². The average Bonchev–Trinajstić information content (AvgIpc) is 3.37. The third-order valence-corrected chi connectivity index (χ3v) is 7.35. The second-order valence-electron chi connectivity index (χ2n) is 9.22. The van der Waals surface area contributed by atoms with Crippen LogP contribution in [0.15, 0.2) is 36.5 Å². The molecule has 2 aliphatic carbocycles. The van der Waals surface area contributed by atoms with Crippen molar-refractivity contribution < 1.29 is 9.53 Å². The molecule has 0 spiro atoms. The number of nitrogens with zero attached hydrogens (tertiary/aromatic N) is 4. The number of pyridine rings is 1. The largest absolute Gasteiger partial charge is 0.480 e. The zero-order valence-corrected chi connectivity index (χ0v) is 18.3. The van der Waals surface area contributed by atoms with E-state index >= 15 is 0 Å². The van der Waals surface area contributed by atoms with Crippen LogP contribution in [0.4, 0.5) is 5.82 Å². The van der Waals surface area contributed by atoms with Gasteiger partial charge < -0.3 is 15.0 Å². The molecule has 3 aliphatic rings. The van der Waals surface area contributed by atoms with Gasteiger partial charge in [0.2, 0.25) is 5.88 Å². The van der Waals surface area contributed by atoms with Gasteiger partial charge in [-0.3, -0.25) is 9.78 Å². The summed E-state index contributed by atoms with van der Waals surface area (Å²) in [6.07, 6.45) is 7.16. The molecule has 1 saturated carbocycles. The Morgan fingerprint density at radius 1 is 1.09 bits per heavy atom. The van der Waals surface area contributed by atoms with Crippen LogP contribution < -0.4 is 15.0 Å². The molecule has 164 valence electrons. The maximum atomic E-state index is 13.2. The summed E-state index contributed by atoms with van der Waals surface area (Å²) in [5, 5.41) is 3.34. The van der Waals surface area contributed by atoms with E-state index in [0.29, 0.717) is 23.3 Å². The molecule has 1 N–H and O–H groups in total. The number of hydrogen-bond donors (Lipinski definition) is 1. The van der Waals surface area contributed by atoms with Gasteiger partial charge in [0.15, 0.2) is 0 Å². The Hall–Kier alpha value is -3.22. The first-order valence-electron chi connectivity index (χ1n) is 11.5. The third kappa shape index (κ3) is 3.27. The average molecular weight is 430 g/mol. The molecule has 2 aromatic heterocycles. The van der Waals surface area contributed by atoms with E-state index in [2.05, 4.69) is 20.2 Å². The molecule has 3 atom stereocenters. The van der Waals surface area contributed by atoms with Gasteiger partial charge in [-0.25, -0.2) is 9.97 Å². The van der Waals surface area contributed by atoms with E-state index in [4.69, 9.17) is 9.72 Å². The standard InChI is InChI=1S/C25H27N5O2/c1-32-25-18(11-15-5-4-8-19(15)28-25)24(31)29-23-16-9-10-17(23)14-30(13-16)22-12-26-20-6-2-3-7-21(20)27-22/h2-3,6-7,11-12,16-17,23H,4-5,8-10,13-14H2,1H3,(H,29,31)/t16-,17+,23?. The van der Waals surface area contributed by atoms with E-state index < -0.39 is 0 Å². The molecule has 2 fully saturated rings. The minimum atomic E-state index is -0.0649. The Kier molecular flexibility index (Phi) is 4.70. The molecule has 2 bridgehead atoms. The van der Waals surface area contributed by atoms with Crippen LogP contribution in [0.2, 0.25) is 0 Å². The van der Waals surface area contributed by atoms with Gasteiger partial charge in [0.1, 0.15) is 11.4 Å². The number of carbonyl (C=O) groups is 1. The highest BCUT2D eigenvalue weighted by Gasteiger charge is 2.43. The summed E-state index contributed by atoms with van der Waals surface area (Å²) in [5.74, 6) is 2.11. The predicted molar refractivity (Wildman–Crippen MR) is 122 cm³/mol. The zero-order chi connectivity index (χ0) is 21.7. The van der Waals surface area contributed by atoms with Gasteiger partial charge in [-0.05, 0) is 67.7 Å². The number of piperidine rings is 1. The molecule has 7 heteroatoms. The van der Waals surface area contributed by atoms with Crippen molar-refractivity contribution in [3.05, 3.63) is 53.3 Å². The molecule has 3 aromatic rings. The normalized spacial score (nSPS) is 23.9. The molecule has 1 aromatic carbocycles. The van der Waals surface area contributed by atoms with Crippen molar-refractivity contribution in [1.82, 2.24) is 20.3 Å². The molecule has 6 rings (SSSR count). The predicted octanol–water partition coefficient (Wildman–Crippen LogP) is 3.17. The highest BCUT2D eigenvalue weighted by molar-refractivity contribution is 5.97. The van der Waals surface area contributed by atoms with E-state index in [0.717, 1.165) is 67.7 Å². The van der Waals surface area contributed by atoms with E-state index in [-0.39, 0.29) is 11.9 Å². The van der Waals surface area contributed by atoms with Crippen LogP contribution in [-0.4, -0.2) is 47.1 Å². The lowest BCUT2D eigenvalue weighted by Gasteiger charge is -2.39. The van der Waals surface area contributed by atoms with E-state index in [1.807, 2.05) is 36.5 Å². The van der Waals surface area contributed by atoms with Gasteiger partial charge in [0.05, 0.1) is 24.3 Å². The molecular weight excluding hydrogens is 402 g/mol. The number of rotatable bonds is 4. The second-order valence-corrected chi connectivity index (χ2v) is 9.22. The number of carbonyl (C=O) groups excluding carboxylic acids is 1. The van der Waals surface area contributed by atoms with Crippen molar-refractivity contribution >= 4 is 22.8 Å². The van der Waals surface area contributed by atoms with Gasteiger partial charge in [-0.15, -0.1) is 0 Å². The number of methoxy groups -OCH3 is 1. The van der Waals surface area contributed by atoms with Crippen molar-refractivity contribution in [2.75, 3.05) is 25.1 Å². The highest BCUT2D eigenvalue weighted by atomic mass is 16.5. The Bertz CT molecular complexity index is 1180. The molecule has 3 heterocycles. The van der Waals surface area contributed by atoms with Crippen molar-refractivity contribution in [1.29, 1.82) is 0 Å². The number of nitrogens with one attached hydrogen (secondary N) is 1. The number of amides is 1. The molecule has 32 heavy (non-hydrogen) atoms. The number of hydrogen-bond acceptors (Lipinski definition) is 6. The first-order valence-corrected chi connectivity index (χ1v) is 11.5. The van der Waals surface area contributed by atoms with Gasteiger partial charge >= 0.3 is 0 Å². The molecule has 0 radical (unpaired) electrons. The minimum Gasteiger partial charge on any atom is -0.480 e. The molecule has 1 unspecified atom stereocenters. The topological polar surface area (TPSA) is 80.2 Å². The highest BCUT2D eigenvalue weighted by Crippen LogP contribution is 2.39. The summed E-state index contributed by atoms with van der Waals surface area (Å²) in [6, 6.07) is 10.1. The number of fused-ring (bicyclic) bond motifs is 4.